The standard InChI is InChI=1S/C13H16BrN3O/c1-9-11-6-10(14)7-12(13(11)17-8-16-9)18-5-3-4-15-2/h6-8,15H,3-5H2,1-2H3. The molecule has 0 radical (unpaired) electrons. The number of nitrogens with one attached hydrogen (secondary N) is 1. The fourth-order valence-electron chi connectivity index (χ4n) is 1.77. The summed E-state index contributed by atoms with van der Waals surface area (Å²) < 4.78 is 6.78. The Bertz CT molecular complexity index is 545. The molecule has 4 nitrogen and oxygen atoms in total. The van der Waals surface area contributed by atoms with Gasteiger partial charge in [0.2, 0.25) is 0 Å². The van der Waals surface area contributed by atoms with Crippen LogP contribution in [0.2, 0.25) is 0 Å². The number of nitrogens with zero attached hydrogens (tertiary/aromatic N) is 2. The quantitative estimate of drug-likeness (QED) is 0.863. The van der Waals surface area contributed by atoms with Crippen molar-refractivity contribution in [3.8, 4) is 5.75 Å². The maximum Gasteiger partial charge on any atom is 0.146 e. The molecule has 0 aliphatic heterocycles. The third kappa shape index (κ3) is 2.97. The van der Waals surface area contributed by atoms with Gasteiger partial charge in [-0.2, -0.15) is 0 Å². The summed E-state index contributed by atoms with van der Waals surface area (Å²) in [5.74, 6) is 0.806. The Kier molecular flexibility index (Phi) is 4.49. The molecule has 5 heteroatoms. The predicted octanol–water partition coefficient (Wildman–Crippen LogP) is 2.69. The zero-order valence-electron chi connectivity index (χ0n) is 10.5. The molecule has 0 unspecified atom stereocenters. The first-order valence-corrected chi connectivity index (χ1v) is 6.70. The molecule has 1 aromatic heterocycles. The highest BCUT2D eigenvalue weighted by atomic mass is 79.9. The van der Waals surface area contributed by atoms with Gasteiger partial charge in [-0.3, -0.25) is 0 Å². The highest BCUT2D eigenvalue weighted by Gasteiger charge is 2.08. The van der Waals surface area contributed by atoms with E-state index in [4.69, 9.17) is 4.74 Å². The van der Waals surface area contributed by atoms with Gasteiger partial charge < -0.3 is 10.1 Å². The molecule has 0 atom stereocenters. The number of aromatic nitrogens is 2. The summed E-state index contributed by atoms with van der Waals surface area (Å²) in [6, 6.07) is 3.97. The molecule has 2 aromatic rings. The van der Waals surface area contributed by atoms with E-state index in [1.165, 1.54) is 0 Å². The van der Waals surface area contributed by atoms with Crippen molar-refractivity contribution in [2.24, 2.45) is 0 Å². The molecule has 1 heterocycles. The van der Waals surface area contributed by atoms with E-state index in [0.29, 0.717) is 6.61 Å². The molecule has 1 aromatic carbocycles. The fraction of sp³-hybridized carbons (Fsp3) is 0.385. The monoisotopic (exact) mass is 309 g/mol. The Hall–Kier alpha value is -1.20. The Balaban J connectivity index is 2.29. The number of fused-ring (bicyclic) bond motifs is 1. The van der Waals surface area contributed by atoms with Crippen LogP contribution >= 0.6 is 15.9 Å². The van der Waals surface area contributed by atoms with Crippen LogP contribution in [0.5, 0.6) is 5.75 Å². The number of aryl methyl sites for hydroxylation is 1. The lowest BCUT2D eigenvalue weighted by atomic mass is 10.2. The van der Waals surface area contributed by atoms with Crippen molar-refractivity contribution in [1.29, 1.82) is 0 Å². The summed E-state index contributed by atoms with van der Waals surface area (Å²) >= 11 is 3.49. The molecule has 1 N–H and O–H groups in total. The summed E-state index contributed by atoms with van der Waals surface area (Å²) in [6.07, 6.45) is 2.54. The summed E-state index contributed by atoms with van der Waals surface area (Å²) in [5, 5.41) is 4.12. The van der Waals surface area contributed by atoms with Crippen molar-refractivity contribution in [3.05, 3.63) is 28.6 Å². The van der Waals surface area contributed by atoms with Crippen molar-refractivity contribution in [2.45, 2.75) is 13.3 Å². The topological polar surface area (TPSA) is 47.0 Å². The normalized spacial score (nSPS) is 10.8. The van der Waals surface area contributed by atoms with Gasteiger partial charge in [-0.05, 0) is 39.1 Å². The Morgan fingerprint density at radius 3 is 2.94 bits per heavy atom. The van der Waals surface area contributed by atoms with E-state index in [1.807, 2.05) is 26.1 Å². The summed E-state index contributed by atoms with van der Waals surface area (Å²) in [6.45, 7) is 3.59. The first kappa shape index (κ1) is 13.2. The first-order chi connectivity index (χ1) is 8.72. The van der Waals surface area contributed by atoms with Crippen LogP contribution in [0, 0.1) is 6.92 Å². The van der Waals surface area contributed by atoms with Crippen molar-refractivity contribution >= 4 is 26.8 Å². The molecule has 2 rings (SSSR count). The first-order valence-electron chi connectivity index (χ1n) is 5.90. The van der Waals surface area contributed by atoms with E-state index in [1.54, 1.807) is 6.33 Å². The van der Waals surface area contributed by atoms with Crippen LogP contribution in [-0.2, 0) is 0 Å². The Labute approximate surface area is 115 Å². The molecule has 0 spiro atoms. The third-order valence-electron chi connectivity index (χ3n) is 2.70. The SMILES string of the molecule is CNCCCOc1cc(Br)cc2c(C)ncnc12. The number of hydrogen-bond donors (Lipinski definition) is 1. The average Bonchev–Trinajstić information content (AvgIpc) is 2.36. The highest BCUT2D eigenvalue weighted by Crippen LogP contribution is 2.29. The van der Waals surface area contributed by atoms with Crippen molar-refractivity contribution in [3.63, 3.8) is 0 Å². The van der Waals surface area contributed by atoms with Crippen molar-refractivity contribution in [2.75, 3.05) is 20.2 Å². The van der Waals surface area contributed by atoms with Crippen LogP contribution in [0.25, 0.3) is 10.9 Å². The Morgan fingerprint density at radius 2 is 2.17 bits per heavy atom. The molecule has 96 valence electrons. The minimum atomic E-state index is 0.676. The van der Waals surface area contributed by atoms with Gasteiger partial charge in [0, 0.05) is 15.6 Å². The smallest absolute Gasteiger partial charge is 0.146 e. The van der Waals surface area contributed by atoms with Gasteiger partial charge in [-0.25, -0.2) is 9.97 Å². The van der Waals surface area contributed by atoms with Gasteiger partial charge in [-0.1, -0.05) is 15.9 Å². The lowest BCUT2D eigenvalue weighted by Crippen LogP contribution is -2.11. The lowest BCUT2D eigenvalue weighted by molar-refractivity contribution is 0.312. The summed E-state index contributed by atoms with van der Waals surface area (Å²) in [7, 11) is 1.94. The molecule has 0 saturated heterocycles. The molecule has 0 bridgehead atoms. The molecule has 0 fully saturated rings. The van der Waals surface area contributed by atoms with E-state index in [9.17, 15) is 0 Å². The zero-order valence-corrected chi connectivity index (χ0v) is 12.1. The minimum Gasteiger partial charge on any atom is -0.491 e. The fourth-order valence-corrected chi connectivity index (χ4v) is 2.20. The van der Waals surface area contributed by atoms with Crippen LogP contribution in [0.15, 0.2) is 22.9 Å². The maximum atomic E-state index is 5.80. The van der Waals surface area contributed by atoms with E-state index in [-0.39, 0.29) is 0 Å². The van der Waals surface area contributed by atoms with Gasteiger partial charge in [0.05, 0.1) is 6.61 Å². The second kappa shape index (κ2) is 6.11. The van der Waals surface area contributed by atoms with Crippen molar-refractivity contribution in [1.82, 2.24) is 15.3 Å². The molecule has 0 aliphatic rings. The number of benzene rings is 1. The zero-order chi connectivity index (χ0) is 13.0. The van der Waals surface area contributed by atoms with Gasteiger partial charge in [-0.15, -0.1) is 0 Å². The second-order valence-corrected chi connectivity index (χ2v) is 4.98. The van der Waals surface area contributed by atoms with Gasteiger partial charge in [0.15, 0.2) is 0 Å². The van der Waals surface area contributed by atoms with E-state index >= 15 is 0 Å². The lowest BCUT2D eigenvalue weighted by Gasteiger charge is -2.10. The molecule has 0 amide bonds. The van der Waals surface area contributed by atoms with Gasteiger partial charge in [0.1, 0.15) is 17.6 Å². The molecule has 18 heavy (non-hydrogen) atoms. The molecule has 0 saturated carbocycles. The van der Waals surface area contributed by atoms with E-state index in [2.05, 4.69) is 31.2 Å². The number of halogens is 1. The molecular weight excluding hydrogens is 294 g/mol. The van der Waals surface area contributed by atoms with Gasteiger partial charge in [0.25, 0.3) is 0 Å². The highest BCUT2D eigenvalue weighted by molar-refractivity contribution is 9.10. The number of hydrogen-bond acceptors (Lipinski definition) is 4. The van der Waals surface area contributed by atoms with Gasteiger partial charge >= 0.3 is 0 Å². The van der Waals surface area contributed by atoms with E-state index < -0.39 is 0 Å². The summed E-state index contributed by atoms with van der Waals surface area (Å²) in [5.41, 5.74) is 1.83. The van der Waals surface area contributed by atoms with Crippen LogP contribution < -0.4 is 10.1 Å². The predicted molar refractivity (Wildman–Crippen MR) is 76.0 cm³/mol. The van der Waals surface area contributed by atoms with Crippen molar-refractivity contribution < 1.29 is 4.74 Å². The minimum absolute atomic E-state index is 0.676. The second-order valence-electron chi connectivity index (χ2n) is 4.06. The van der Waals surface area contributed by atoms with Crippen LogP contribution in [-0.4, -0.2) is 30.2 Å². The van der Waals surface area contributed by atoms with E-state index in [0.717, 1.165) is 39.8 Å². The number of ether oxygens (including phenoxy) is 1. The summed E-state index contributed by atoms with van der Waals surface area (Å²) in [4.78, 5) is 8.51. The van der Waals surface area contributed by atoms with Crippen LogP contribution in [0.1, 0.15) is 12.1 Å². The Morgan fingerprint density at radius 1 is 1.33 bits per heavy atom. The molecular formula is C13H16BrN3O. The average molecular weight is 310 g/mol. The number of rotatable bonds is 5. The molecule has 0 aliphatic carbocycles. The largest absolute Gasteiger partial charge is 0.491 e. The van der Waals surface area contributed by atoms with Crippen LogP contribution in [0.3, 0.4) is 0 Å². The third-order valence-corrected chi connectivity index (χ3v) is 3.15. The maximum absolute atomic E-state index is 5.80. The van der Waals surface area contributed by atoms with Crippen LogP contribution in [0.4, 0.5) is 0 Å².